The van der Waals surface area contributed by atoms with Gasteiger partial charge in [-0.15, -0.1) is 0 Å². The number of rotatable bonds is 6. The lowest BCUT2D eigenvalue weighted by atomic mass is 10.1. The first-order valence-corrected chi connectivity index (χ1v) is 7.49. The first kappa shape index (κ1) is 16.8. The van der Waals surface area contributed by atoms with Gasteiger partial charge in [0.2, 0.25) is 5.91 Å². The summed E-state index contributed by atoms with van der Waals surface area (Å²) in [5, 5.41) is 0.703. The molecular formula is C17H24ClNO. The van der Waals surface area contributed by atoms with Crippen molar-refractivity contribution >= 4 is 23.6 Å². The fourth-order valence-corrected chi connectivity index (χ4v) is 2.11. The van der Waals surface area contributed by atoms with Crippen molar-refractivity contribution in [1.82, 2.24) is 4.90 Å². The topological polar surface area (TPSA) is 20.3 Å². The fourth-order valence-electron chi connectivity index (χ4n) is 1.98. The van der Waals surface area contributed by atoms with Gasteiger partial charge in [0.1, 0.15) is 0 Å². The zero-order chi connectivity index (χ0) is 15.1. The molecule has 0 spiro atoms. The predicted octanol–water partition coefficient (Wildman–Crippen LogP) is 4.49. The largest absolute Gasteiger partial charge is 0.339 e. The highest BCUT2D eigenvalue weighted by atomic mass is 35.5. The minimum absolute atomic E-state index is 0.0716. The highest BCUT2D eigenvalue weighted by Gasteiger charge is 2.13. The molecule has 0 bridgehead atoms. The molecule has 0 aliphatic carbocycles. The van der Waals surface area contributed by atoms with Crippen molar-refractivity contribution in [3.8, 4) is 0 Å². The normalized spacial score (nSPS) is 11.6. The lowest BCUT2D eigenvalue weighted by molar-refractivity contribution is -0.127. The molecule has 1 rings (SSSR count). The second kappa shape index (κ2) is 8.11. The Kier molecular flexibility index (Phi) is 6.80. The monoisotopic (exact) mass is 293 g/mol. The number of nitrogens with zero attached hydrogens (tertiary/aromatic N) is 1. The molecule has 0 aliphatic rings. The number of halogens is 1. The van der Waals surface area contributed by atoms with Gasteiger partial charge in [0, 0.05) is 24.2 Å². The molecule has 0 heterocycles. The van der Waals surface area contributed by atoms with E-state index in [4.69, 9.17) is 11.6 Å². The Balaban J connectivity index is 2.71. The van der Waals surface area contributed by atoms with E-state index in [1.165, 1.54) is 0 Å². The molecular weight excluding hydrogens is 270 g/mol. The molecule has 0 saturated carbocycles. The maximum absolute atomic E-state index is 12.3. The van der Waals surface area contributed by atoms with E-state index in [2.05, 4.69) is 27.7 Å². The van der Waals surface area contributed by atoms with Crippen LogP contribution in [0.4, 0.5) is 0 Å². The van der Waals surface area contributed by atoms with Crippen molar-refractivity contribution in [3.05, 3.63) is 40.9 Å². The van der Waals surface area contributed by atoms with E-state index in [0.29, 0.717) is 16.9 Å². The Morgan fingerprint density at radius 1 is 1.10 bits per heavy atom. The predicted molar refractivity (Wildman–Crippen MR) is 86.7 cm³/mol. The molecule has 1 amide bonds. The Labute approximate surface area is 127 Å². The van der Waals surface area contributed by atoms with E-state index in [-0.39, 0.29) is 5.91 Å². The van der Waals surface area contributed by atoms with Crippen molar-refractivity contribution in [1.29, 1.82) is 0 Å². The second-order valence-corrected chi connectivity index (χ2v) is 6.35. The van der Waals surface area contributed by atoms with Gasteiger partial charge in [-0.25, -0.2) is 0 Å². The molecule has 20 heavy (non-hydrogen) atoms. The van der Waals surface area contributed by atoms with E-state index in [0.717, 1.165) is 18.7 Å². The summed E-state index contributed by atoms with van der Waals surface area (Å²) in [6.45, 7) is 10.1. The van der Waals surface area contributed by atoms with Crippen LogP contribution in [0.5, 0.6) is 0 Å². The Morgan fingerprint density at radius 3 is 2.05 bits per heavy atom. The molecule has 110 valence electrons. The number of carbonyl (C=O) groups excluding carboxylic acids is 1. The Hall–Kier alpha value is -1.28. The second-order valence-electron chi connectivity index (χ2n) is 5.92. The summed E-state index contributed by atoms with van der Waals surface area (Å²) in [7, 11) is 0. The van der Waals surface area contributed by atoms with Crippen LogP contribution in [0.15, 0.2) is 30.3 Å². The molecule has 0 radical (unpaired) electrons. The van der Waals surface area contributed by atoms with Gasteiger partial charge >= 0.3 is 0 Å². The standard InChI is InChI=1S/C17H24ClNO/c1-13(2)11-19(12-14(3)4)17(20)10-7-15-5-8-16(18)9-6-15/h5-10,13-14H,11-12H2,1-4H3. The van der Waals surface area contributed by atoms with Crippen LogP contribution in [0.1, 0.15) is 33.3 Å². The molecule has 0 aliphatic heterocycles. The lowest BCUT2D eigenvalue weighted by Crippen LogP contribution is -2.35. The van der Waals surface area contributed by atoms with Crippen LogP contribution >= 0.6 is 11.6 Å². The third kappa shape index (κ3) is 6.25. The van der Waals surface area contributed by atoms with Gasteiger partial charge in [-0.3, -0.25) is 4.79 Å². The van der Waals surface area contributed by atoms with Gasteiger partial charge in [0.25, 0.3) is 0 Å². The molecule has 0 atom stereocenters. The molecule has 3 heteroatoms. The number of amides is 1. The number of hydrogen-bond donors (Lipinski definition) is 0. The molecule has 2 nitrogen and oxygen atoms in total. The average Bonchev–Trinajstić information content (AvgIpc) is 2.36. The van der Waals surface area contributed by atoms with Gasteiger partial charge in [-0.1, -0.05) is 51.4 Å². The minimum atomic E-state index is 0.0716. The van der Waals surface area contributed by atoms with E-state index in [9.17, 15) is 4.79 Å². The summed E-state index contributed by atoms with van der Waals surface area (Å²) in [4.78, 5) is 14.2. The summed E-state index contributed by atoms with van der Waals surface area (Å²) in [5.41, 5.74) is 0.983. The average molecular weight is 294 g/mol. The van der Waals surface area contributed by atoms with Crippen molar-refractivity contribution in [2.45, 2.75) is 27.7 Å². The maximum atomic E-state index is 12.3. The highest BCUT2D eigenvalue weighted by Crippen LogP contribution is 2.11. The first-order chi connectivity index (χ1) is 9.38. The van der Waals surface area contributed by atoms with E-state index >= 15 is 0 Å². The number of hydrogen-bond acceptors (Lipinski definition) is 1. The van der Waals surface area contributed by atoms with Crippen LogP contribution in [0.25, 0.3) is 6.08 Å². The zero-order valence-electron chi connectivity index (χ0n) is 12.8. The molecule has 0 N–H and O–H groups in total. The Bertz CT molecular complexity index is 439. The Morgan fingerprint density at radius 2 is 1.60 bits per heavy atom. The van der Waals surface area contributed by atoms with Gasteiger partial charge < -0.3 is 4.90 Å². The number of carbonyl (C=O) groups is 1. The molecule has 1 aromatic rings. The zero-order valence-corrected chi connectivity index (χ0v) is 13.5. The van der Waals surface area contributed by atoms with Crippen molar-refractivity contribution in [3.63, 3.8) is 0 Å². The van der Waals surface area contributed by atoms with E-state index in [1.807, 2.05) is 35.2 Å². The van der Waals surface area contributed by atoms with Crippen molar-refractivity contribution in [2.75, 3.05) is 13.1 Å². The minimum Gasteiger partial charge on any atom is -0.339 e. The first-order valence-electron chi connectivity index (χ1n) is 7.11. The van der Waals surface area contributed by atoms with Crippen LogP contribution in [0.3, 0.4) is 0 Å². The van der Waals surface area contributed by atoms with Gasteiger partial charge in [0.15, 0.2) is 0 Å². The molecule has 0 fully saturated rings. The van der Waals surface area contributed by atoms with Crippen LogP contribution in [0.2, 0.25) is 5.02 Å². The molecule has 0 unspecified atom stereocenters. The quantitative estimate of drug-likeness (QED) is 0.708. The van der Waals surface area contributed by atoms with Gasteiger partial charge in [-0.2, -0.15) is 0 Å². The third-order valence-corrected chi connectivity index (χ3v) is 3.02. The number of benzene rings is 1. The summed E-state index contributed by atoms with van der Waals surface area (Å²) in [6, 6.07) is 7.46. The van der Waals surface area contributed by atoms with Gasteiger partial charge in [0.05, 0.1) is 0 Å². The van der Waals surface area contributed by atoms with Crippen LogP contribution in [-0.4, -0.2) is 23.9 Å². The fraction of sp³-hybridized carbons (Fsp3) is 0.471. The van der Waals surface area contributed by atoms with Crippen molar-refractivity contribution in [2.24, 2.45) is 11.8 Å². The van der Waals surface area contributed by atoms with Crippen LogP contribution in [0, 0.1) is 11.8 Å². The van der Waals surface area contributed by atoms with Gasteiger partial charge in [-0.05, 0) is 35.6 Å². The smallest absolute Gasteiger partial charge is 0.246 e. The van der Waals surface area contributed by atoms with E-state index < -0.39 is 0 Å². The summed E-state index contributed by atoms with van der Waals surface area (Å²) in [6.07, 6.45) is 3.49. The summed E-state index contributed by atoms with van der Waals surface area (Å²) < 4.78 is 0. The van der Waals surface area contributed by atoms with E-state index in [1.54, 1.807) is 6.08 Å². The van der Waals surface area contributed by atoms with Crippen LogP contribution < -0.4 is 0 Å². The SMILES string of the molecule is CC(C)CN(CC(C)C)C(=O)C=Cc1ccc(Cl)cc1. The third-order valence-electron chi connectivity index (χ3n) is 2.77. The lowest BCUT2D eigenvalue weighted by Gasteiger charge is -2.25. The highest BCUT2D eigenvalue weighted by molar-refractivity contribution is 6.30. The summed E-state index contributed by atoms with van der Waals surface area (Å²) in [5.74, 6) is 1.02. The summed E-state index contributed by atoms with van der Waals surface area (Å²) >= 11 is 5.84. The molecule has 0 saturated heterocycles. The molecule has 1 aromatic carbocycles. The van der Waals surface area contributed by atoms with Crippen LogP contribution in [-0.2, 0) is 4.79 Å². The van der Waals surface area contributed by atoms with Crippen molar-refractivity contribution < 1.29 is 4.79 Å². The maximum Gasteiger partial charge on any atom is 0.246 e. The molecule has 0 aromatic heterocycles.